The topological polar surface area (TPSA) is 118 Å². The van der Waals surface area contributed by atoms with Crippen molar-refractivity contribution in [3.63, 3.8) is 0 Å². The minimum atomic E-state index is -4.37. The monoisotopic (exact) mass is 432 g/mol. The summed E-state index contributed by atoms with van der Waals surface area (Å²) in [5.41, 5.74) is 0. The molecule has 0 aromatic heterocycles. The zero-order chi connectivity index (χ0) is 19.5. The number of benzene rings is 1. The van der Waals surface area contributed by atoms with Crippen LogP contribution in [0.4, 0.5) is 0 Å². The Labute approximate surface area is 154 Å². The molecular formula is C13H21ClN2O6S3. The molecule has 0 aliphatic rings. The summed E-state index contributed by atoms with van der Waals surface area (Å²) < 4.78 is 74.4. The number of nitrogens with one attached hydrogen (secondary N) is 1. The van der Waals surface area contributed by atoms with Crippen LogP contribution in [0.2, 0.25) is 5.02 Å². The number of rotatable bonds is 9. The van der Waals surface area contributed by atoms with Gasteiger partial charge in [0, 0.05) is 13.1 Å². The fraction of sp³-hybridized carbons (Fsp3) is 0.538. The highest BCUT2D eigenvalue weighted by Gasteiger charge is 2.27. The third-order valence-electron chi connectivity index (χ3n) is 3.04. The van der Waals surface area contributed by atoms with Gasteiger partial charge in [0.25, 0.3) is 10.0 Å². The van der Waals surface area contributed by atoms with E-state index in [-0.39, 0.29) is 9.92 Å². The minimum Gasteiger partial charge on any atom is -0.212 e. The molecule has 0 spiro atoms. The fourth-order valence-corrected chi connectivity index (χ4v) is 6.80. The van der Waals surface area contributed by atoms with Gasteiger partial charge in [-0.25, -0.2) is 25.3 Å². The highest BCUT2D eigenvalue weighted by atomic mass is 35.5. The molecule has 25 heavy (non-hydrogen) atoms. The van der Waals surface area contributed by atoms with Crippen LogP contribution in [-0.4, -0.2) is 48.9 Å². The molecule has 1 rings (SSSR count). The van der Waals surface area contributed by atoms with Gasteiger partial charge in [0.05, 0.1) is 16.2 Å². The molecule has 0 heterocycles. The number of halogens is 1. The van der Waals surface area contributed by atoms with Gasteiger partial charge in [-0.3, -0.25) is 0 Å². The molecule has 1 aromatic rings. The third kappa shape index (κ3) is 5.90. The van der Waals surface area contributed by atoms with E-state index in [0.717, 1.165) is 18.2 Å². The van der Waals surface area contributed by atoms with E-state index < -0.39 is 35.0 Å². The van der Waals surface area contributed by atoms with Crippen molar-refractivity contribution < 1.29 is 25.3 Å². The Morgan fingerprint density at radius 1 is 1.00 bits per heavy atom. The summed E-state index contributed by atoms with van der Waals surface area (Å²) in [6.45, 7) is 4.29. The van der Waals surface area contributed by atoms with E-state index in [1.165, 1.54) is 8.43 Å². The van der Waals surface area contributed by atoms with E-state index in [0.29, 0.717) is 32.2 Å². The molecule has 0 atom stereocenters. The first kappa shape index (κ1) is 22.3. The molecule has 0 saturated heterocycles. The van der Waals surface area contributed by atoms with Gasteiger partial charge >= 0.3 is 0 Å². The summed E-state index contributed by atoms with van der Waals surface area (Å²) in [6, 6.07) is 2.98. The van der Waals surface area contributed by atoms with Gasteiger partial charge in [0.15, 0.2) is 0 Å². The highest BCUT2D eigenvalue weighted by Crippen LogP contribution is 2.27. The van der Waals surface area contributed by atoms with Gasteiger partial charge in [-0.1, -0.05) is 25.4 Å². The second kappa shape index (κ2) is 8.31. The molecule has 0 unspecified atom stereocenters. The molecule has 0 aliphatic heterocycles. The molecule has 0 aliphatic carbocycles. The lowest BCUT2D eigenvalue weighted by Crippen LogP contribution is -2.33. The maximum absolute atomic E-state index is 12.7. The molecule has 0 saturated carbocycles. The SMILES string of the molecule is CCCN(CCC)S(=O)(=O)c1ccc(S(=O)(=O)NS(C)(=O)=O)cc1Cl. The lowest BCUT2D eigenvalue weighted by molar-refractivity contribution is 0.410. The molecule has 12 heteroatoms. The van der Waals surface area contributed by atoms with Crippen molar-refractivity contribution in [1.29, 1.82) is 0 Å². The summed E-state index contributed by atoms with van der Waals surface area (Å²) in [5, 5.41) is -0.298. The van der Waals surface area contributed by atoms with Gasteiger partial charge in [0.2, 0.25) is 20.0 Å². The Morgan fingerprint density at radius 2 is 1.52 bits per heavy atom. The Morgan fingerprint density at radius 3 is 1.92 bits per heavy atom. The lowest BCUT2D eigenvalue weighted by Gasteiger charge is -2.21. The normalized spacial score (nSPS) is 13.3. The maximum Gasteiger partial charge on any atom is 0.253 e. The summed E-state index contributed by atoms with van der Waals surface area (Å²) >= 11 is 5.99. The fourth-order valence-electron chi connectivity index (χ4n) is 2.10. The molecule has 0 fully saturated rings. The standard InChI is InChI=1S/C13H21ClN2O6S3/c1-4-8-16(9-5-2)25(21,22)13-7-6-11(10-12(13)14)24(19,20)15-23(3,17)18/h6-7,10,15H,4-5,8-9H2,1-3H3. The number of hydrogen-bond acceptors (Lipinski definition) is 6. The van der Waals surface area contributed by atoms with Gasteiger partial charge in [-0.15, -0.1) is 4.13 Å². The van der Waals surface area contributed by atoms with Crippen molar-refractivity contribution >= 4 is 41.7 Å². The van der Waals surface area contributed by atoms with Crippen molar-refractivity contribution in [3.05, 3.63) is 23.2 Å². The number of hydrogen-bond donors (Lipinski definition) is 1. The van der Waals surface area contributed by atoms with E-state index in [1.807, 2.05) is 13.8 Å². The molecular weight excluding hydrogens is 412 g/mol. The highest BCUT2D eigenvalue weighted by molar-refractivity contribution is 8.04. The lowest BCUT2D eigenvalue weighted by atomic mass is 10.4. The first-order chi connectivity index (χ1) is 11.3. The van der Waals surface area contributed by atoms with Crippen LogP contribution in [0, 0.1) is 0 Å². The maximum atomic E-state index is 12.7. The van der Waals surface area contributed by atoms with Crippen molar-refractivity contribution in [2.24, 2.45) is 0 Å². The van der Waals surface area contributed by atoms with Crippen LogP contribution < -0.4 is 4.13 Å². The zero-order valence-corrected chi connectivity index (χ0v) is 17.3. The molecule has 0 amide bonds. The first-order valence-corrected chi connectivity index (χ1v) is 12.6. The van der Waals surface area contributed by atoms with Gasteiger partial charge in [0.1, 0.15) is 4.90 Å². The van der Waals surface area contributed by atoms with E-state index in [2.05, 4.69) is 0 Å². The average Bonchev–Trinajstić information content (AvgIpc) is 2.44. The van der Waals surface area contributed by atoms with Crippen LogP contribution in [0.3, 0.4) is 0 Å². The van der Waals surface area contributed by atoms with Gasteiger partial charge < -0.3 is 0 Å². The van der Waals surface area contributed by atoms with E-state index in [4.69, 9.17) is 11.6 Å². The van der Waals surface area contributed by atoms with Gasteiger partial charge in [-0.2, -0.15) is 4.31 Å². The van der Waals surface area contributed by atoms with E-state index in [9.17, 15) is 25.3 Å². The largest absolute Gasteiger partial charge is 0.253 e. The summed E-state index contributed by atoms with van der Waals surface area (Å²) in [4.78, 5) is -0.672. The summed E-state index contributed by atoms with van der Waals surface area (Å²) in [6.07, 6.45) is 1.92. The Hall–Kier alpha value is -0.720. The van der Waals surface area contributed by atoms with Gasteiger partial charge in [-0.05, 0) is 31.0 Å². The van der Waals surface area contributed by atoms with Crippen molar-refractivity contribution in [3.8, 4) is 0 Å². The van der Waals surface area contributed by atoms with Crippen LogP contribution in [-0.2, 0) is 30.1 Å². The summed E-state index contributed by atoms with van der Waals surface area (Å²) in [7, 11) is -12.3. The van der Waals surface area contributed by atoms with E-state index >= 15 is 0 Å². The molecule has 8 nitrogen and oxygen atoms in total. The second-order valence-electron chi connectivity index (χ2n) is 5.36. The van der Waals surface area contributed by atoms with Crippen LogP contribution in [0.25, 0.3) is 0 Å². The molecule has 0 radical (unpaired) electrons. The minimum absolute atomic E-state index is 0.227. The Balaban J connectivity index is 3.35. The van der Waals surface area contributed by atoms with Crippen molar-refractivity contribution in [2.75, 3.05) is 19.3 Å². The molecule has 144 valence electrons. The predicted molar refractivity (Wildman–Crippen MR) is 96.0 cm³/mol. The molecule has 0 bridgehead atoms. The smallest absolute Gasteiger partial charge is 0.212 e. The van der Waals surface area contributed by atoms with Crippen molar-refractivity contribution in [2.45, 2.75) is 36.5 Å². The summed E-state index contributed by atoms with van der Waals surface area (Å²) in [5.74, 6) is 0. The quantitative estimate of drug-likeness (QED) is 0.629. The molecule has 1 N–H and O–H groups in total. The zero-order valence-electron chi connectivity index (χ0n) is 14.1. The average molecular weight is 433 g/mol. The van der Waals surface area contributed by atoms with Crippen LogP contribution in [0.5, 0.6) is 0 Å². The third-order valence-corrected chi connectivity index (χ3v) is 8.38. The van der Waals surface area contributed by atoms with Crippen LogP contribution >= 0.6 is 11.6 Å². The van der Waals surface area contributed by atoms with Crippen LogP contribution in [0.15, 0.2) is 28.0 Å². The predicted octanol–water partition coefficient (Wildman–Crippen LogP) is 1.39. The molecule has 1 aromatic carbocycles. The number of sulfonamides is 3. The Bertz CT molecular complexity index is 921. The number of nitrogens with zero attached hydrogens (tertiary/aromatic N) is 1. The second-order valence-corrected chi connectivity index (χ2v) is 11.4. The van der Waals surface area contributed by atoms with E-state index in [1.54, 1.807) is 0 Å². The van der Waals surface area contributed by atoms with Crippen molar-refractivity contribution in [1.82, 2.24) is 8.43 Å². The Kier molecular flexibility index (Phi) is 7.42. The van der Waals surface area contributed by atoms with Crippen LogP contribution in [0.1, 0.15) is 26.7 Å². The first-order valence-electron chi connectivity index (χ1n) is 7.38.